The molecular weight excluding hydrogens is 237 g/mol. The van der Waals surface area contributed by atoms with Crippen LogP contribution in [0.4, 0.5) is 4.39 Å². The van der Waals surface area contributed by atoms with E-state index in [1.54, 1.807) is 13.0 Å². The monoisotopic (exact) mass is 253 g/mol. The van der Waals surface area contributed by atoms with Crippen LogP contribution in [-0.2, 0) is 0 Å². The second kappa shape index (κ2) is 5.87. The number of hydrogen-bond donors (Lipinski definition) is 1. The van der Waals surface area contributed by atoms with Crippen LogP contribution in [0.3, 0.4) is 0 Å². The average Bonchev–Trinajstić information content (AvgIpc) is 2.25. The first-order valence-corrected chi connectivity index (χ1v) is 5.96. The van der Waals surface area contributed by atoms with Crippen LogP contribution < -0.4 is 5.73 Å². The number of benzene rings is 1. The minimum atomic E-state index is -0.227. The number of hydrogen-bond acceptors (Lipinski definition) is 1. The minimum Gasteiger partial charge on any atom is -0.398 e. The van der Waals surface area contributed by atoms with E-state index in [9.17, 15) is 4.39 Å². The molecule has 92 valence electrons. The van der Waals surface area contributed by atoms with E-state index in [0.29, 0.717) is 22.7 Å². The average molecular weight is 254 g/mol. The molecule has 0 heterocycles. The summed E-state index contributed by atoms with van der Waals surface area (Å²) in [6.07, 6.45) is 3.65. The van der Waals surface area contributed by atoms with Gasteiger partial charge in [-0.3, -0.25) is 0 Å². The van der Waals surface area contributed by atoms with Crippen LogP contribution in [-0.4, -0.2) is 5.88 Å². The van der Waals surface area contributed by atoms with Crippen LogP contribution in [0.2, 0.25) is 0 Å². The van der Waals surface area contributed by atoms with Gasteiger partial charge in [0.15, 0.2) is 0 Å². The highest BCUT2D eigenvalue weighted by atomic mass is 35.5. The van der Waals surface area contributed by atoms with Crippen molar-refractivity contribution >= 4 is 17.3 Å². The Hall–Kier alpha value is -1.28. The van der Waals surface area contributed by atoms with Crippen LogP contribution in [0.5, 0.6) is 0 Å². The number of nitrogens with two attached hydrogens (primary N) is 1. The number of rotatable bonds is 3. The van der Waals surface area contributed by atoms with Crippen LogP contribution in [0, 0.1) is 19.7 Å². The Morgan fingerprint density at radius 2 is 2.06 bits per heavy atom. The molecule has 17 heavy (non-hydrogen) atoms. The molecule has 0 aromatic heterocycles. The molecule has 0 atom stereocenters. The molecule has 0 saturated carbocycles. The van der Waals surface area contributed by atoms with Gasteiger partial charge in [-0.15, -0.1) is 11.6 Å². The fraction of sp³-hybridized carbons (Fsp3) is 0.286. The zero-order valence-corrected chi connectivity index (χ0v) is 11.1. The Balaban J connectivity index is 3.13. The summed E-state index contributed by atoms with van der Waals surface area (Å²) in [5.41, 5.74) is 9.70. The van der Waals surface area contributed by atoms with E-state index in [0.717, 1.165) is 11.1 Å². The van der Waals surface area contributed by atoms with Crippen molar-refractivity contribution < 1.29 is 4.39 Å². The maximum absolute atomic E-state index is 13.6. The lowest BCUT2D eigenvalue weighted by molar-refractivity contribution is 0.616. The van der Waals surface area contributed by atoms with Gasteiger partial charge in [0.2, 0.25) is 0 Å². The predicted octanol–water partition coefficient (Wildman–Crippen LogP) is 3.93. The van der Waals surface area contributed by atoms with Gasteiger partial charge in [0.05, 0.1) is 0 Å². The zero-order valence-electron chi connectivity index (χ0n) is 10.3. The zero-order chi connectivity index (χ0) is 13.0. The van der Waals surface area contributed by atoms with E-state index in [1.807, 2.05) is 26.0 Å². The van der Waals surface area contributed by atoms with E-state index in [1.165, 1.54) is 6.07 Å². The maximum Gasteiger partial charge on any atom is 0.127 e. The van der Waals surface area contributed by atoms with Crippen molar-refractivity contribution in [2.45, 2.75) is 20.8 Å². The molecule has 0 aliphatic carbocycles. The van der Waals surface area contributed by atoms with Gasteiger partial charge in [-0.1, -0.05) is 11.6 Å². The van der Waals surface area contributed by atoms with E-state index in [2.05, 4.69) is 0 Å². The van der Waals surface area contributed by atoms with Gasteiger partial charge < -0.3 is 5.73 Å². The van der Waals surface area contributed by atoms with Crippen molar-refractivity contribution in [3.8, 4) is 0 Å². The third-order valence-corrected chi connectivity index (χ3v) is 2.87. The van der Waals surface area contributed by atoms with Gasteiger partial charge in [0.1, 0.15) is 5.82 Å². The SMILES string of the molecule is CC(=C/CCl)/C=C(\N)c1cc(C)c(C)c(F)c1. The Morgan fingerprint density at radius 1 is 1.41 bits per heavy atom. The van der Waals surface area contributed by atoms with Gasteiger partial charge in [-0.25, -0.2) is 4.39 Å². The molecule has 0 fully saturated rings. The van der Waals surface area contributed by atoms with E-state index in [-0.39, 0.29) is 5.82 Å². The van der Waals surface area contributed by atoms with Crippen LogP contribution in [0.1, 0.15) is 23.6 Å². The second-order valence-electron chi connectivity index (χ2n) is 4.10. The first-order valence-electron chi connectivity index (χ1n) is 5.42. The summed E-state index contributed by atoms with van der Waals surface area (Å²) >= 11 is 5.59. The number of allylic oxidation sites excluding steroid dienone is 3. The van der Waals surface area contributed by atoms with E-state index < -0.39 is 0 Å². The smallest absolute Gasteiger partial charge is 0.127 e. The topological polar surface area (TPSA) is 26.0 Å². The molecule has 0 aliphatic rings. The molecule has 0 aliphatic heterocycles. The molecule has 2 N–H and O–H groups in total. The number of alkyl halides is 1. The summed E-state index contributed by atoms with van der Waals surface area (Å²) in [5, 5.41) is 0. The lowest BCUT2D eigenvalue weighted by Crippen LogP contribution is -2.00. The molecule has 1 aromatic rings. The lowest BCUT2D eigenvalue weighted by Gasteiger charge is -2.07. The van der Waals surface area contributed by atoms with Crippen molar-refractivity contribution in [1.29, 1.82) is 0 Å². The third kappa shape index (κ3) is 3.60. The Kier molecular flexibility index (Phi) is 4.76. The predicted molar refractivity (Wildman–Crippen MR) is 72.5 cm³/mol. The summed E-state index contributed by atoms with van der Waals surface area (Å²) in [5.74, 6) is 0.215. The fourth-order valence-corrected chi connectivity index (χ4v) is 1.74. The normalized spacial score (nSPS) is 13.0. The van der Waals surface area contributed by atoms with E-state index >= 15 is 0 Å². The third-order valence-electron chi connectivity index (χ3n) is 2.72. The van der Waals surface area contributed by atoms with Crippen LogP contribution in [0.15, 0.2) is 29.9 Å². The van der Waals surface area contributed by atoms with Crippen molar-refractivity contribution in [3.63, 3.8) is 0 Å². The van der Waals surface area contributed by atoms with E-state index in [4.69, 9.17) is 17.3 Å². The molecule has 1 rings (SSSR count). The van der Waals surface area contributed by atoms with Crippen molar-refractivity contribution in [2.75, 3.05) is 5.88 Å². The molecule has 1 aromatic carbocycles. The minimum absolute atomic E-state index is 0.227. The Labute approximate surface area is 107 Å². The highest BCUT2D eigenvalue weighted by molar-refractivity contribution is 6.18. The largest absolute Gasteiger partial charge is 0.398 e. The molecule has 0 radical (unpaired) electrons. The molecule has 0 bridgehead atoms. The second-order valence-corrected chi connectivity index (χ2v) is 4.41. The highest BCUT2D eigenvalue weighted by Gasteiger charge is 2.05. The molecule has 0 amide bonds. The van der Waals surface area contributed by atoms with Crippen LogP contribution in [0.25, 0.3) is 5.70 Å². The summed E-state index contributed by atoms with van der Waals surface area (Å²) in [6, 6.07) is 3.35. The summed E-state index contributed by atoms with van der Waals surface area (Å²) < 4.78 is 13.6. The van der Waals surface area contributed by atoms with Gasteiger partial charge in [0.25, 0.3) is 0 Å². The first kappa shape index (κ1) is 13.8. The molecule has 3 heteroatoms. The highest BCUT2D eigenvalue weighted by Crippen LogP contribution is 2.19. The molecule has 0 unspecified atom stereocenters. The van der Waals surface area contributed by atoms with Gasteiger partial charge >= 0.3 is 0 Å². The van der Waals surface area contributed by atoms with Crippen molar-refractivity contribution in [3.05, 3.63) is 52.4 Å². The quantitative estimate of drug-likeness (QED) is 0.641. The molecule has 0 saturated heterocycles. The molecular formula is C14H17ClFN. The summed E-state index contributed by atoms with van der Waals surface area (Å²) in [7, 11) is 0. The molecule has 0 spiro atoms. The molecule has 1 nitrogen and oxygen atoms in total. The standard InChI is InChI=1S/C14H17ClFN/c1-9(4-5-15)6-14(17)12-7-10(2)11(3)13(16)8-12/h4,6-8H,5,17H2,1-3H3/b9-4-,14-6-. The lowest BCUT2D eigenvalue weighted by atomic mass is 10.0. The number of aryl methyl sites for hydroxylation is 1. The van der Waals surface area contributed by atoms with Gasteiger partial charge in [-0.05, 0) is 50.1 Å². The van der Waals surface area contributed by atoms with Gasteiger partial charge in [0, 0.05) is 17.1 Å². The van der Waals surface area contributed by atoms with Crippen LogP contribution >= 0.6 is 11.6 Å². The Morgan fingerprint density at radius 3 is 2.59 bits per heavy atom. The Bertz CT molecular complexity index is 452. The fourth-order valence-electron chi connectivity index (χ4n) is 1.49. The summed E-state index contributed by atoms with van der Waals surface area (Å²) in [6.45, 7) is 5.54. The van der Waals surface area contributed by atoms with Crippen molar-refractivity contribution in [2.24, 2.45) is 5.73 Å². The first-order chi connectivity index (χ1) is 7.95. The van der Waals surface area contributed by atoms with Gasteiger partial charge in [-0.2, -0.15) is 0 Å². The number of halogens is 2. The summed E-state index contributed by atoms with van der Waals surface area (Å²) in [4.78, 5) is 0. The van der Waals surface area contributed by atoms with Crippen molar-refractivity contribution in [1.82, 2.24) is 0 Å². The maximum atomic E-state index is 13.6.